The standard InChI is InChI=1S/C20H27N3O3S/c1-15(21)18-7-4-12-23(14-18)20(24)10-11-22-27(25,26)19-9-8-16-5-2-3-6-17(16)13-19/h2-3,5-6,8-9,13,15,18,22H,4,7,10-12,14,21H2,1H3. The molecule has 3 rings (SSSR count). The first kappa shape index (κ1) is 19.8. The van der Waals surface area contributed by atoms with Gasteiger partial charge in [-0.25, -0.2) is 13.1 Å². The van der Waals surface area contributed by atoms with Crippen molar-refractivity contribution < 1.29 is 13.2 Å². The fourth-order valence-corrected chi connectivity index (χ4v) is 4.60. The lowest BCUT2D eigenvalue weighted by Gasteiger charge is -2.34. The molecule has 0 aliphatic carbocycles. The van der Waals surface area contributed by atoms with Gasteiger partial charge in [-0.3, -0.25) is 4.79 Å². The molecule has 2 unspecified atom stereocenters. The summed E-state index contributed by atoms with van der Waals surface area (Å²) in [5.41, 5.74) is 5.96. The van der Waals surface area contributed by atoms with E-state index in [1.807, 2.05) is 36.1 Å². The summed E-state index contributed by atoms with van der Waals surface area (Å²) in [5.74, 6) is 0.290. The van der Waals surface area contributed by atoms with E-state index < -0.39 is 10.0 Å². The minimum atomic E-state index is -3.64. The highest BCUT2D eigenvalue weighted by Crippen LogP contribution is 2.20. The van der Waals surface area contributed by atoms with Gasteiger partial charge in [-0.2, -0.15) is 0 Å². The number of amides is 1. The van der Waals surface area contributed by atoms with Gasteiger partial charge in [-0.1, -0.05) is 30.3 Å². The topological polar surface area (TPSA) is 92.5 Å². The first-order valence-corrected chi connectivity index (χ1v) is 10.9. The van der Waals surface area contributed by atoms with Crippen molar-refractivity contribution in [3.05, 3.63) is 42.5 Å². The molecule has 2 aromatic carbocycles. The van der Waals surface area contributed by atoms with E-state index in [4.69, 9.17) is 5.73 Å². The number of nitrogens with two attached hydrogens (primary N) is 1. The molecule has 1 aliphatic rings. The van der Waals surface area contributed by atoms with Gasteiger partial charge in [0.25, 0.3) is 0 Å². The lowest BCUT2D eigenvalue weighted by Crippen LogP contribution is -2.45. The predicted molar refractivity (Wildman–Crippen MR) is 107 cm³/mol. The largest absolute Gasteiger partial charge is 0.342 e. The summed E-state index contributed by atoms with van der Waals surface area (Å²) in [6.07, 6.45) is 2.13. The van der Waals surface area contributed by atoms with E-state index in [1.54, 1.807) is 18.2 Å². The van der Waals surface area contributed by atoms with Gasteiger partial charge in [0.05, 0.1) is 4.90 Å². The van der Waals surface area contributed by atoms with Crippen LogP contribution in [0, 0.1) is 5.92 Å². The molecule has 1 fully saturated rings. The molecule has 1 amide bonds. The highest BCUT2D eigenvalue weighted by atomic mass is 32.2. The molecule has 0 spiro atoms. The summed E-state index contributed by atoms with van der Waals surface area (Å²) >= 11 is 0. The van der Waals surface area contributed by atoms with Gasteiger partial charge in [-0.15, -0.1) is 0 Å². The first-order chi connectivity index (χ1) is 12.9. The van der Waals surface area contributed by atoms with Crippen molar-refractivity contribution in [1.29, 1.82) is 0 Å². The van der Waals surface area contributed by atoms with Crippen LogP contribution in [0.4, 0.5) is 0 Å². The minimum Gasteiger partial charge on any atom is -0.342 e. The van der Waals surface area contributed by atoms with Crippen molar-refractivity contribution in [1.82, 2.24) is 9.62 Å². The fraction of sp³-hybridized carbons (Fsp3) is 0.450. The number of benzene rings is 2. The highest BCUT2D eigenvalue weighted by Gasteiger charge is 2.25. The van der Waals surface area contributed by atoms with Crippen molar-refractivity contribution in [2.45, 2.75) is 37.1 Å². The maximum atomic E-state index is 12.5. The zero-order valence-electron chi connectivity index (χ0n) is 15.6. The molecule has 2 aromatic rings. The average molecular weight is 390 g/mol. The zero-order valence-corrected chi connectivity index (χ0v) is 16.4. The van der Waals surface area contributed by atoms with Crippen LogP contribution in [0.5, 0.6) is 0 Å². The zero-order chi connectivity index (χ0) is 19.4. The molecule has 6 nitrogen and oxygen atoms in total. The van der Waals surface area contributed by atoms with Crippen LogP contribution in [0.1, 0.15) is 26.2 Å². The van der Waals surface area contributed by atoms with Crippen LogP contribution in [0.25, 0.3) is 10.8 Å². The maximum absolute atomic E-state index is 12.5. The highest BCUT2D eigenvalue weighted by molar-refractivity contribution is 7.89. The van der Waals surface area contributed by atoms with E-state index >= 15 is 0 Å². The van der Waals surface area contributed by atoms with Crippen molar-refractivity contribution in [3.8, 4) is 0 Å². The van der Waals surface area contributed by atoms with Crippen molar-refractivity contribution in [3.63, 3.8) is 0 Å². The van der Waals surface area contributed by atoms with Crippen LogP contribution in [0.3, 0.4) is 0 Å². The quantitative estimate of drug-likeness (QED) is 0.791. The number of sulfonamides is 1. The Balaban J connectivity index is 1.57. The Morgan fingerprint density at radius 1 is 1.26 bits per heavy atom. The summed E-state index contributed by atoms with van der Waals surface area (Å²) < 4.78 is 27.6. The molecule has 0 saturated carbocycles. The Morgan fingerprint density at radius 2 is 2.00 bits per heavy atom. The molecule has 0 bridgehead atoms. The van der Waals surface area contributed by atoms with E-state index in [-0.39, 0.29) is 29.8 Å². The molecule has 2 atom stereocenters. The van der Waals surface area contributed by atoms with Gasteiger partial charge in [0, 0.05) is 32.1 Å². The molecule has 146 valence electrons. The monoisotopic (exact) mass is 389 g/mol. The number of fused-ring (bicyclic) bond motifs is 1. The number of hydrogen-bond donors (Lipinski definition) is 2. The van der Waals surface area contributed by atoms with Gasteiger partial charge in [0.1, 0.15) is 0 Å². The normalized spacial score (nSPS) is 19.2. The third-order valence-electron chi connectivity index (χ3n) is 5.22. The maximum Gasteiger partial charge on any atom is 0.240 e. The summed E-state index contributed by atoms with van der Waals surface area (Å²) in [6.45, 7) is 3.44. The number of carbonyl (C=O) groups excluding carboxylic acids is 1. The molecule has 0 radical (unpaired) electrons. The van der Waals surface area contributed by atoms with E-state index in [1.165, 1.54) is 0 Å². The van der Waals surface area contributed by atoms with Crippen LogP contribution in [0.2, 0.25) is 0 Å². The summed E-state index contributed by atoms with van der Waals surface area (Å²) in [6, 6.07) is 12.7. The Kier molecular flexibility index (Phi) is 6.14. The number of nitrogens with zero attached hydrogens (tertiary/aromatic N) is 1. The summed E-state index contributed by atoms with van der Waals surface area (Å²) in [7, 11) is -3.64. The number of rotatable bonds is 6. The van der Waals surface area contributed by atoms with Crippen molar-refractivity contribution in [2.75, 3.05) is 19.6 Å². The van der Waals surface area contributed by atoms with Crippen LogP contribution < -0.4 is 10.5 Å². The first-order valence-electron chi connectivity index (χ1n) is 9.38. The molecule has 1 heterocycles. The Hall–Kier alpha value is -1.96. The molecule has 0 aromatic heterocycles. The van der Waals surface area contributed by atoms with Gasteiger partial charge < -0.3 is 10.6 Å². The van der Waals surface area contributed by atoms with Gasteiger partial charge >= 0.3 is 0 Å². The van der Waals surface area contributed by atoms with Crippen LogP contribution >= 0.6 is 0 Å². The molecule has 7 heteroatoms. The molecule has 27 heavy (non-hydrogen) atoms. The number of likely N-dealkylation sites (tertiary alicyclic amines) is 1. The second kappa shape index (κ2) is 8.37. The Morgan fingerprint density at radius 3 is 2.74 bits per heavy atom. The Bertz CT molecular complexity index is 912. The number of carbonyl (C=O) groups is 1. The van der Waals surface area contributed by atoms with Gasteiger partial charge in [0.2, 0.25) is 15.9 Å². The summed E-state index contributed by atoms with van der Waals surface area (Å²) in [5, 5.41) is 1.85. The van der Waals surface area contributed by atoms with E-state index in [9.17, 15) is 13.2 Å². The lowest BCUT2D eigenvalue weighted by atomic mass is 9.92. The molecular weight excluding hydrogens is 362 g/mol. The molecular formula is C20H27N3O3S. The number of nitrogens with one attached hydrogen (secondary N) is 1. The van der Waals surface area contributed by atoms with Crippen molar-refractivity contribution >= 4 is 26.7 Å². The van der Waals surface area contributed by atoms with Gasteiger partial charge in [0.15, 0.2) is 0 Å². The van der Waals surface area contributed by atoms with Crippen molar-refractivity contribution in [2.24, 2.45) is 11.7 Å². The SMILES string of the molecule is CC(N)C1CCCN(C(=O)CCNS(=O)(=O)c2ccc3ccccc3c2)C1. The lowest BCUT2D eigenvalue weighted by molar-refractivity contribution is -0.132. The fourth-order valence-electron chi connectivity index (χ4n) is 3.53. The second-order valence-corrected chi connectivity index (χ2v) is 9.02. The third-order valence-corrected chi connectivity index (χ3v) is 6.67. The van der Waals surface area contributed by atoms with Crippen LogP contribution in [0.15, 0.2) is 47.4 Å². The molecule has 3 N–H and O–H groups in total. The van der Waals surface area contributed by atoms with E-state index in [2.05, 4.69) is 4.72 Å². The minimum absolute atomic E-state index is 0.0263. The average Bonchev–Trinajstić information content (AvgIpc) is 2.67. The predicted octanol–water partition coefficient (Wildman–Crippen LogP) is 2.09. The second-order valence-electron chi connectivity index (χ2n) is 7.26. The van der Waals surface area contributed by atoms with Crippen LogP contribution in [-0.4, -0.2) is 44.9 Å². The Labute approximate surface area is 160 Å². The molecule has 1 aliphatic heterocycles. The summed E-state index contributed by atoms with van der Waals surface area (Å²) in [4.78, 5) is 14.4. The smallest absolute Gasteiger partial charge is 0.240 e. The number of piperidine rings is 1. The van der Waals surface area contributed by atoms with E-state index in [0.717, 1.165) is 30.2 Å². The van der Waals surface area contributed by atoms with Gasteiger partial charge in [-0.05, 0) is 48.6 Å². The molecule has 1 saturated heterocycles. The third kappa shape index (κ3) is 4.86. The number of hydrogen-bond acceptors (Lipinski definition) is 4. The van der Waals surface area contributed by atoms with E-state index in [0.29, 0.717) is 12.5 Å². The van der Waals surface area contributed by atoms with Crippen LogP contribution in [-0.2, 0) is 14.8 Å².